The van der Waals surface area contributed by atoms with E-state index < -0.39 is 41.5 Å². The summed E-state index contributed by atoms with van der Waals surface area (Å²) < 4.78 is 45.5. The lowest BCUT2D eigenvalue weighted by atomic mass is 10.2. The van der Waals surface area contributed by atoms with Crippen LogP contribution in [0.2, 0.25) is 0 Å². The van der Waals surface area contributed by atoms with Crippen molar-refractivity contribution in [2.45, 2.75) is 0 Å². The first-order chi connectivity index (χ1) is 14.9. The summed E-state index contributed by atoms with van der Waals surface area (Å²) in [5, 5.41) is 7.32. The van der Waals surface area contributed by atoms with Gasteiger partial charge in [-0.2, -0.15) is 0 Å². The van der Waals surface area contributed by atoms with Crippen molar-refractivity contribution < 1.29 is 27.5 Å². The van der Waals surface area contributed by atoms with Gasteiger partial charge in [-0.05, 0) is 36.4 Å². The van der Waals surface area contributed by atoms with Crippen LogP contribution < -0.4 is 20.7 Å². The van der Waals surface area contributed by atoms with Gasteiger partial charge in [-0.15, -0.1) is 0 Å². The second-order valence-corrected chi connectivity index (χ2v) is 6.31. The normalized spacial score (nSPS) is 10.3. The maximum absolute atomic E-state index is 13.6. The molecule has 3 aromatic rings. The molecule has 3 N–H and O–H groups in total. The third-order valence-corrected chi connectivity index (χ3v) is 4.05. The highest BCUT2D eigenvalue weighted by molar-refractivity contribution is 5.95. The van der Waals surface area contributed by atoms with Crippen LogP contribution in [0, 0.1) is 17.5 Å². The molecule has 0 saturated carbocycles. The van der Waals surface area contributed by atoms with Crippen LogP contribution in [0.25, 0.3) is 0 Å². The van der Waals surface area contributed by atoms with Crippen LogP contribution in [0.5, 0.6) is 11.5 Å². The summed E-state index contributed by atoms with van der Waals surface area (Å²) in [5.74, 6) is -4.76. The number of rotatable bonds is 8. The molecule has 0 atom stereocenters. The van der Waals surface area contributed by atoms with Gasteiger partial charge in [0.05, 0.1) is 24.5 Å². The van der Waals surface area contributed by atoms with E-state index in [0.717, 1.165) is 6.07 Å². The van der Waals surface area contributed by atoms with E-state index in [4.69, 9.17) is 4.74 Å². The zero-order valence-corrected chi connectivity index (χ0v) is 16.1. The molecule has 0 unspecified atom stereocenters. The smallest absolute Gasteiger partial charge is 0.243 e. The zero-order chi connectivity index (χ0) is 22.2. The van der Waals surface area contributed by atoms with Crippen molar-refractivity contribution in [1.29, 1.82) is 0 Å². The van der Waals surface area contributed by atoms with E-state index in [1.165, 1.54) is 0 Å². The number of hydrogen-bond acceptors (Lipinski definition) is 4. The molecule has 3 rings (SSSR count). The van der Waals surface area contributed by atoms with Gasteiger partial charge >= 0.3 is 0 Å². The van der Waals surface area contributed by atoms with Crippen LogP contribution in [0.15, 0.2) is 66.7 Å². The van der Waals surface area contributed by atoms with E-state index in [1.54, 1.807) is 36.4 Å². The van der Waals surface area contributed by atoms with E-state index in [2.05, 4.69) is 16.0 Å². The van der Waals surface area contributed by atoms with Crippen LogP contribution in [-0.2, 0) is 9.59 Å². The summed E-state index contributed by atoms with van der Waals surface area (Å²) in [6.07, 6.45) is 0. The maximum atomic E-state index is 13.6. The van der Waals surface area contributed by atoms with Gasteiger partial charge in [-0.25, -0.2) is 13.2 Å². The van der Waals surface area contributed by atoms with Gasteiger partial charge in [0.1, 0.15) is 5.75 Å². The molecule has 0 radical (unpaired) electrons. The number of carbonyl (C=O) groups is 2. The van der Waals surface area contributed by atoms with Crippen LogP contribution >= 0.6 is 0 Å². The van der Waals surface area contributed by atoms with Crippen molar-refractivity contribution in [2.24, 2.45) is 0 Å². The Kier molecular flexibility index (Phi) is 7.10. The largest absolute Gasteiger partial charge is 0.455 e. The van der Waals surface area contributed by atoms with E-state index in [-0.39, 0.29) is 6.54 Å². The number of anilines is 2. The number of amides is 2. The van der Waals surface area contributed by atoms with E-state index >= 15 is 0 Å². The van der Waals surface area contributed by atoms with Crippen molar-refractivity contribution in [3.63, 3.8) is 0 Å². The highest BCUT2D eigenvalue weighted by Gasteiger charge is 2.15. The molecule has 9 heteroatoms. The fourth-order valence-corrected chi connectivity index (χ4v) is 2.55. The molecule has 0 aromatic heterocycles. The molecule has 0 heterocycles. The Balaban J connectivity index is 1.50. The van der Waals surface area contributed by atoms with Gasteiger partial charge in [-0.3, -0.25) is 9.59 Å². The first-order valence-electron chi connectivity index (χ1n) is 9.20. The maximum Gasteiger partial charge on any atom is 0.243 e. The first-order valence-corrected chi connectivity index (χ1v) is 9.20. The number of ether oxygens (including phenoxy) is 1. The van der Waals surface area contributed by atoms with E-state index in [1.807, 2.05) is 18.2 Å². The first kappa shape index (κ1) is 21.7. The molecule has 160 valence electrons. The van der Waals surface area contributed by atoms with Crippen LogP contribution in [-0.4, -0.2) is 24.9 Å². The molecule has 0 fully saturated rings. The van der Waals surface area contributed by atoms with Crippen LogP contribution in [0.3, 0.4) is 0 Å². The molecule has 3 aromatic carbocycles. The number of hydrogen-bond donors (Lipinski definition) is 3. The van der Waals surface area contributed by atoms with Crippen molar-refractivity contribution in [3.8, 4) is 11.5 Å². The second-order valence-electron chi connectivity index (χ2n) is 6.31. The van der Waals surface area contributed by atoms with Gasteiger partial charge in [0.15, 0.2) is 23.2 Å². The van der Waals surface area contributed by atoms with Crippen molar-refractivity contribution in [1.82, 2.24) is 5.32 Å². The minimum Gasteiger partial charge on any atom is -0.455 e. The van der Waals surface area contributed by atoms with E-state index in [9.17, 15) is 22.8 Å². The van der Waals surface area contributed by atoms with Crippen molar-refractivity contribution >= 4 is 23.2 Å². The topological polar surface area (TPSA) is 79.5 Å². The molecular formula is C22H18F3N3O3. The molecule has 0 aliphatic heterocycles. The lowest BCUT2D eigenvalue weighted by Gasteiger charge is -2.13. The predicted molar refractivity (Wildman–Crippen MR) is 109 cm³/mol. The lowest BCUT2D eigenvalue weighted by molar-refractivity contribution is -0.122. The number of carbonyl (C=O) groups excluding carboxylic acids is 2. The number of para-hydroxylation sites is 3. The molecule has 2 amide bonds. The second kappa shape index (κ2) is 10.1. The summed E-state index contributed by atoms with van der Waals surface area (Å²) in [6, 6.07) is 17.7. The highest BCUT2D eigenvalue weighted by Crippen LogP contribution is 2.28. The van der Waals surface area contributed by atoms with Gasteiger partial charge in [-0.1, -0.05) is 30.3 Å². The van der Waals surface area contributed by atoms with E-state index in [0.29, 0.717) is 23.3 Å². The quantitative estimate of drug-likeness (QED) is 0.472. The van der Waals surface area contributed by atoms with Gasteiger partial charge in [0, 0.05) is 0 Å². The molecular weight excluding hydrogens is 411 g/mol. The number of halogens is 3. The average Bonchev–Trinajstić information content (AvgIpc) is 2.78. The molecule has 0 saturated heterocycles. The predicted octanol–water partition coefficient (Wildman–Crippen LogP) is 4.06. The Morgan fingerprint density at radius 3 is 2.23 bits per heavy atom. The standard InChI is InChI=1S/C22H18F3N3O3/c23-15-10-11-17(22(25)21(15)24)28-20(30)13-27-19(29)12-26-16-8-4-5-9-18(16)31-14-6-2-1-3-7-14/h1-11,26H,12-13H2,(H,27,29)(H,28,30). The fraction of sp³-hybridized carbons (Fsp3) is 0.0909. The molecule has 6 nitrogen and oxygen atoms in total. The Hall–Kier alpha value is -4.01. The molecule has 0 aliphatic rings. The number of nitrogens with one attached hydrogen (secondary N) is 3. The van der Waals surface area contributed by atoms with Gasteiger partial charge in [0.2, 0.25) is 11.8 Å². The third kappa shape index (κ3) is 5.99. The van der Waals surface area contributed by atoms with Crippen molar-refractivity contribution in [3.05, 3.63) is 84.2 Å². The Labute approximate surface area is 176 Å². The van der Waals surface area contributed by atoms with Crippen molar-refractivity contribution in [2.75, 3.05) is 23.7 Å². The van der Waals surface area contributed by atoms with Gasteiger partial charge < -0.3 is 20.7 Å². The minimum atomic E-state index is -1.69. The molecule has 31 heavy (non-hydrogen) atoms. The van der Waals surface area contributed by atoms with Gasteiger partial charge in [0.25, 0.3) is 0 Å². The molecule has 0 spiro atoms. The van der Waals surface area contributed by atoms with Crippen LogP contribution in [0.4, 0.5) is 24.5 Å². The summed E-state index contributed by atoms with van der Waals surface area (Å²) >= 11 is 0. The fourth-order valence-electron chi connectivity index (χ4n) is 2.55. The monoisotopic (exact) mass is 429 g/mol. The molecule has 0 aliphatic carbocycles. The average molecular weight is 429 g/mol. The lowest BCUT2D eigenvalue weighted by Crippen LogP contribution is -2.36. The summed E-state index contributed by atoms with van der Waals surface area (Å²) in [4.78, 5) is 23.9. The number of benzene rings is 3. The Morgan fingerprint density at radius 1 is 0.742 bits per heavy atom. The summed E-state index contributed by atoms with van der Waals surface area (Å²) in [7, 11) is 0. The molecule has 0 bridgehead atoms. The Bertz CT molecular complexity index is 1080. The minimum absolute atomic E-state index is 0.165. The summed E-state index contributed by atoms with van der Waals surface area (Å²) in [6.45, 7) is -0.650. The zero-order valence-electron chi connectivity index (χ0n) is 16.1. The SMILES string of the molecule is O=C(CNc1ccccc1Oc1ccccc1)NCC(=O)Nc1ccc(F)c(F)c1F. The van der Waals surface area contributed by atoms with Crippen LogP contribution in [0.1, 0.15) is 0 Å². The highest BCUT2D eigenvalue weighted by atomic mass is 19.2. The third-order valence-electron chi connectivity index (χ3n) is 4.05. The summed E-state index contributed by atoms with van der Waals surface area (Å²) in [5.41, 5.74) is 0.0399. The Morgan fingerprint density at radius 2 is 1.45 bits per heavy atom.